The number of ether oxygens (including phenoxy) is 1. The van der Waals surface area contributed by atoms with Crippen LogP contribution in [-0.2, 0) is 9.53 Å². The van der Waals surface area contributed by atoms with Gasteiger partial charge in [0.25, 0.3) is 11.7 Å². The molecule has 1 N–H and O–H groups in total. The van der Waals surface area contributed by atoms with Crippen molar-refractivity contribution in [1.82, 2.24) is 9.88 Å². The van der Waals surface area contributed by atoms with Crippen molar-refractivity contribution in [2.45, 2.75) is 57.9 Å². The monoisotopic (exact) mass is 692 g/mol. The van der Waals surface area contributed by atoms with E-state index in [0.29, 0.717) is 53.5 Å². The van der Waals surface area contributed by atoms with Crippen LogP contribution in [0.3, 0.4) is 0 Å². The molecule has 5 heterocycles. The number of piperidine rings is 1. The number of anilines is 3. The van der Waals surface area contributed by atoms with Gasteiger partial charge in [0.2, 0.25) is 0 Å². The molecule has 1 saturated carbocycles. The third-order valence-electron chi connectivity index (χ3n) is 8.96. The topological polar surface area (TPSA) is 105 Å². The van der Waals surface area contributed by atoms with E-state index in [0.717, 1.165) is 41.8 Å². The standard InChI is InChI=1S/C31H38Cl2N6O4S2/c1-2-43-30(41)20-8-10-37(11-9-20)28-24(33)16-21(18-39(28)42)27(40)35-31-34-26(25-17-22(32)19-44-25)29(45-31)38-14-12-36(13-15-38)23-6-4-3-5-7-23/h16-20,23H,2-15H2,1H3,(H,34,35,40). The molecule has 0 bridgehead atoms. The number of hydrogen-bond donors (Lipinski definition) is 1. The Labute approximate surface area is 281 Å². The fourth-order valence-electron chi connectivity index (χ4n) is 6.62. The number of halogens is 2. The van der Waals surface area contributed by atoms with E-state index in [1.54, 1.807) is 6.92 Å². The molecule has 3 aromatic heterocycles. The summed E-state index contributed by atoms with van der Waals surface area (Å²) in [5, 5.41) is 20.2. The summed E-state index contributed by atoms with van der Waals surface area (Å²) in [6.45, 7) is 6.90. The second kappa shape index (κ2) is 14.4. The van der Waals surface area contributed by atoms with Crippen LogP contribution in [0.2, 0.25) is 10.0 Å². The number of carbonyl (C=O) groups excluding carboxylic acids is 2. The van der Waals surface area contributed by atoms with Crippen molar-refractivity contribution < 1.29 is 19.1 Å². The van der Waals surface area contributed by atoms with Crippen LogP contribution >= 0.6 is 45.9 Å². The Morgan fingerprint density at radius 3 is 2.42 bits per heavy atom. The lowest BCUT2D eigenvalue weighted by molar-refractivity contribution is -0.592. The van der Waals surface area contributed by atoms with Crippen molar-refractivity contribution >= 4 is 73.7 Å². The van der Waals surface area contributed by atoms with Crippen LogP contribution in [0.4, 0.5) is 16.0 Å². The molecule has 0 unspecified atom stereocenters. The lowest BCUT2D eigenvalue weighted by Gasteiger charge is -2.41. The summed E-state index contributed by atoms with van der Waals surface area (Å²) in [7, 11) is 0. The summed E-state index contributed by atoms with van der Waals surface area (Å²) >= 11 is 15.8. The molecule has 10 nitrogen and oxygen atoms in total. The molecule has 1 amide bonds. The Hall–Kier alpha value is -2.64. The van der Waals surface area contributed by atoms with Gasteiger partial charge in [0.15, 0.2) is 5.13 Å². The van der Waals surface area contributed by atoms with E-state index < -0.39 is 5.91 Å². The minimum atomic E-state index is -0.466. The van der Waals surface area contributed by atoms with E-state index in [2.05, 4.69) is 15.1 Å². The van der Waals surface area contributed by atoms with E-state index >= 15 is 0 Å². The molecule has 1 aliphatic carbocycles. The lowest BCUT2D eigenvalue weighted by Crippen LogP contribution is -2.50. The lowest BCUT2D eigenvalue weighted by atomic mass is 9.94. The molecule has 2 saturated heterocycles. The number of thiazole rings is 1. The second-order valence-electron chi connectivity index (χ2n) is 11.8. The average Bonchev–Trinajstić information content (AvgIpc) is 3.67. The van der Waals surface area contributed by atoms with Gasteiger partial charge in [-0.05, 0) is 44.7 Å². The summed E-state index contributed by atoms with van der Waals surface area (Å²) in [5.41, 5.74) is 0.940. The van der Waals surface area contributed by atoms with Gasteiger partial charge in [-0.1, -0.05) is 53.8 Å². The maximum Gasteiger partial charge on any atom is 0.309 e. The first-order chi connectivity index (χ1) is 21.8. The summed E-state index contributed by atoms with van der Waals surface area (Å²) in [4.78, 5) is 38.1. The molecule has 0 radical (unpaired) electrons. The van der Waals surface area contributed by atoms with Gasteiger partial charge in [-0.3, -0.25) is 24.7 Å². The molecular formula is C31H38Cl2N6O4S2. The minimum absolute atomic E-state index is 0.138. The van der Waals surface area contributed by atoms with Gasteiger partial charge in [0.05, 0.1) is 41.1 Å². The SMILES string of the molecule is CCOC(=O)C1CCN(c2c(Cl)cc(C(=O)Nc3nc(-c4cc(Cl)cs4)c(N4CCN(C5CCCCC5)CC4)s3)c[n+]2[O-])CC1. The van der Waals surface area contributed by atoms with Crippen molar-refractivity contribution in [1.29, 1.82) is 0 Å². The molecule has 45 heavy (non-hydrogen) atoms. The van der Waals surface area contributed by atoms with Crippen molar-refractivity contribution in [2.75, 3.05) is 61.0 Å². The molecule has 3 aliphatic rings. The van der Waals surface area contributed by atoms with Crippen molar-refractivity contribution in [3.8, 4) is 10.6 Å². The minimum Gasteiger partial charge on any atom is -0.711 e. The number of piperazine rings is 1. The summed E-state index contributed by atoms with van der Waals surface area (Å²) in [5.74, 6) is -0.588. The Bertz CT molecular complexity index is 1490. The maximum absolute atomic E-state index is 13.4. The van der Waals surface area contributed by atoms with Crippen LogP contribution in [0.15, 0.2) is 23.7 Å². The molecule has 0 atom stereocenters. The summed E-state index contributed by atoms with van der Waals surface area (Å²) in [6, 6.07) is 4.10. The highest BCUT2D eigenvalue weighted by Gasteiger charge is 2.33. The van der Waals surface area contributed by atoms with Crippen LogP contribution in [-0.4, -0.2) is 73.7 Å². The molecule has 2 aliphatic heterocycles. The van der Waals surface area contributed by atoms with E-state index in [1.165, 1.54) is 67.0 Å². The average molecular weight is 694 g/mol. The van der Waals surface area contributed by atoms with Crippen LogP contribution in [0.1, 0.15) is 62.2 Å². The van der Waals surface area contributed by atoms with Gasteiger partial charge < -0.3 is 14.8 Å². The van der Waals surface area contributed by atoms with E-state index in [-0.39, 0.29) is 28.3 Å². The van der Waals surface area contributed by atoms with Gasteiger partial charge in [-0.15, -0.1) is 11.3 Å². The van der Waals surface area contributed by atoms with Crippen molar-refractivity contribution in [3.05, 3.63) is 44.5 Å². The van der Waals surface area contributed by atoms with Crippen LogP contribution in [0.25, 0.3) is 10.6 Å². The summed E-state index contributed by atoms with van der Waals surface area (Å²) in [6.07, 6.45) is 8.95. The highest BCUT2D eigenvalue weighted by Crippen LogP contribution is 2.42. The predicted molar refractivity (Wildman–Crippen MR) is 181 cm³/mol. The molecule has 3 aromatic rings. The third-order valence-corrected chi connectivity index (χ3v) is 11.6. The van der Waals surface area contributed by atoms with E-state index in [9.17, 15) is 14.8 Å². The first kappa shape index (κ1) is 32.3. The van der Waals surface area contributed by atoms with Gasteiger partial charge in [-0.25, -0.2) is 9.71 Å². The summed E-state index contributed by atoms with van der Waals surface area (Å²) < 4.78 is 5.79. The van der Waals surface area contributed by atoms with Gasteiger partial charge in [0, 0.05) is 37.6 Å². The number of esters is 1. The number of rotatable bonds is 8. The Balaban J connectivity index is 1.16. The van der Waals surface area contributed by atoms with Crippen LogP contribution < -0.4 is 19.8 Å². The third kappa shape index (κ3) is 7.35. The zero-order chi connectivity index (χ0) is 31.5. The zero-order valence-corrected chi connectivity index (χ0v) is 28.4. The molecular weight excluding hydrogens is 655 g/mol. The first-order valence-electron chi connectivity index (χ1n) is 15.7. The largest absolute Gasteiger partial charge is 0.711 e. The van der Waals surface area contributed by atoms with E-state index in [1.807, 2.05) is 16.3 Å². The highest BCUT2D eigenvalue weighted by molar-refractivity contribution is 7.21. The number of aromatic nitrogens is 2. The number of nitrogens with zero attached hydrogens (tertiary/aromatic N) is 5. The zero-order valence-electron chi connectivity index (χ0n) is 25.3. The number of amides is 1. The Morgan fingerprint density at radius 1 is 1.04 bits per heavy atom. The van der Waals surface area contributed by atoms with E-state index in [4.69, 9.17) is 32.9 Å². The van der Waals surface area contributed by atoms with Gasteiger partial charge in [-0.2, -0.15) is 0 Å². The van der Waals surface area contributed by atoms with Crippen molar-refractivity contribution in [3.63, 3.8) is 0 Å². The number of thiophene rings is 1. The normalized spacial score (nSPS) is 18.7. The van der Waals surface area contributed by atoms with Crippen LogP contribution in [0, 0.1) is 11.1 Å². The van der Waals surface area contributed by atoms with Gasteiger partial charge >= 0.3 is 5.97 Å². The molecule has 6 rings (SSSR count). The number of hydrogen-bond acceptors (Lipinski definition) is 10. The Morgan fingerprint density at radius 2 is 1.78 bits per heavy atom. The maximum atomic E-state index is 13.4. The Kier molecular flexibility index (Phi) is 10.4. The molecule has 3 fully saturated rings. The molecule has 0 aromatic carbocycles. The number of carbonyl (C=O) groups is 2. The molecule has 0 spiro atoms. The van der Waals surface area contributed by atoms with Gasteiger partial charge in [0.1, 0.15) is 21.9 Å². The number of pyridine rings is 1. The fraction of sp³-hybridized carbons (Fsp3) is 0.548. The van der Waals surface area contributed by atoms with Crippen LogP contribution in [0.5, 0.6) is 0 Å². The smallest absolute Gasteiger partial charge is 0.309 e. The first-order valence-corrected chi connectivity index (χ1v) is 18.2. The second-order valence-corrected chi connectivity index (χ2v) is 14.5. The quantitative estimate of drug-likeness (QED) is 0.167. The molecule has 242 valence electrons. The molecule has 14 heteroatoms. The number of nitrogens with one attached hydrogen (secondary N) is 1. The van der Waals surface area contributed by atoms with Crippen molar-refractivity contribution in [2.24, 2.45) is 5.92 Å². The highest BCUT2D eigenvalue weighted by atomic mass is 35.5. The fourth-order valence-corrected chi connectivity index (χ4v) is 9.09. The predicted octanol–water partition coefficient (Wildman–Crippen LogP) is 6.30.